The van der Waals surface area contributed by atoms with E-state index in [2.05, 4.69) is 24.0 Å². The summed E-state index contributed by atoms with van der Waals surface area (Å²) in [5, 5.41) is 18.3. The molecule has 1 aliphatic heterocycles. The number of aromatic nitrogens is 3. The van der Waals surface area contributed by atoms with Gasteiger partial charge in [-0.05, 0) is 51.0 Å². The molecule has 1 saturated heterocycles. The maximum atomic E-state index is 12.5. The highest BCUT2D eigenvalue weighted by Gasteiger charge is 2.27. The molecule has 1 N–H and O–H groups in total. The number of amides is 1. The fourth-order valence-electron chi connectivity index (χ4n) is 3.52. The number of piperidine rings is 1. The van der Waals surface area contributed by atoms with E-state index in [-0.39, 0.29) is 23.6 Å². The van der Waals surface area contributed by atoms with Gasteiger partial charge in [-0.2, -0.15) is 5.10 Å². The Bertz CT molecular complexity index is 954. The van der Waals surface area contributed by atoms with Crippen LogP contribution in [-0.4, -0.2) is 43.6 Å². The summed E-state index contributed by atoms with van der Waals surface area (Å²) in [6.45, 7) is 5.37. The molecule has 2 aromatic rings. The molecule has 148 valence electrons. The minimum absolute atomic E-state index is 0.0123. The highest BCUT2D eigenvalue weighted by atomic mass is 32.1. The summed E-state index contributed by atoms with van der Waals surface area (Å²) in [7, 11) is 0. The molecule has 28 heavy (non-hydrogen) atoms. The van der Waals surface area contributed by atoms with E-state index in [4.69, 9.17) is 12.2 Å². The van der Waals surface area contributed by atoms with Crippen LogP contribution in [0.2, 0.25) is 0 Å². The minimum atomic E-state index is -0.448. The Morgan fingerprint density at radius 1 is 1.36 bits per heavy atom. The van der Waals surface area contributed by atoms with Gasteiger partial charge >= 0.3 is 0 Å². The van der Waals surface area contributed by atoms with E-state index in [0.29, 0.717) is 23.4 Å². The summed E-state index contributed by atoms with van der Waals surface area (Å²) in [4.78, 5) is 24.9. The van der Waals surface area contributed by atoms with Gasteiger partial charge in [-0.3, -0.25) is 20.0 Å². The number of nitro benzene ring substituents is 1. The number of para-hydroxylation sites is 1. The zero-order valence-electron chi connectivity index (χ0n) is 15.9. The van der Waals surface area contributed by atoms with Crippen molar-refractivity contribution in [3.8, 4) is 0 Å². The van der Waals surface area contributed by atoms with Crippen LogP contribution in [0.5, 0.6) is 0 Å². The van der Waals surface area contributed by atoms with Gasteiger partial charge in [0.05, 0.1) is 10.5 Å². The molecule has 8 nitrogen and oxygen atoms in total. The van der Waals surface area contributed by atoms with Crippen LogP contribution >= 0.6 is 12.2 Å². The van der Waals surface area contributed by atoms with E-state index < -0.39 is 4.92 Å². The van der Waals surface area contributed by atoms with Crippen molar-refractivity contribution in [1.29, 1.82) is 0 Å². The smallest absolute Gasteiger partial charge is 0.276 e. The third-order valence-corrected chi connectivity index (χ3v) is 5.25. The molecule has 0 spiro atoms. The normalized spacial score (nSPS) is 15.5. The third kappa shape index (κ3) is 4.19. The second-order valence-electron chi connectivity index (χ2n) is 7.10. The van der Waals surface area contributed by atoms with E-state index >= 15 is 0 Å². The average Bonchev–Trinajstić information content (AvgIpc) is 3.08. The number of nitro groups is 1. The molecular formula is C19H23N5O3S. The summed E-state index contributed by atoms with van der Waals surface area (Å²) < 4.78 is 2.65. The second-order valence-corrected chi connectivity index (χ2v) is 7.49. The van der Waals surface area contributed by atoms with Crippen LogP contribution in [0, 0.1) is 14.9 Å². The molecule has 2 heterocycles. The van der Waals surface area contributed by atoms with Crippen LogP contribution in [-0.2, 0) is 4.79 Å². The zero-order chi connectivity index (χ0) is 20.3. The molecule has 1 aliphatic rings. The van der Waals surface area contributed by atoms with Gasteiger partial charge in [0.2, 0.25) is 5.91 Å². The maximum absolute atomic E-state index is 12.5. The Hall–Kier alpha value is -2.81. The number of H-pyrrole nitrogens is 1. The van der Waals surface area contributed by atoms with Gasteiger partial charge in [0.15, 0.2) is 4.77 Å². The van der Waals surface area contributed by atoms with Crippen molar-refractivity contribution in [3.05, 3.63) is 56.6 Å². The van der Waals surface area contributed by atoms with Gasteiger partial charge in [-0.1, -0.05) is 12.1 Å². The Kier molecular flexibility index (Phi) is 6.03. The van der Waals surface area contributed by atoms with Crippen LogP contribution in [0.25, 0.3) is 6.08 Å². The topological polar surface area (TPSA) is 97.1 Å². The number of rotatable bonds is 5. The van der Waals surface area contributed by atoms with Crippen LogP contribution in [0.4, 0.5) is 5.69 Å². The molecule has 0 atom stereocenters. The van der Waals surface area contributed by atoms with Gasteiger partial charge in [0, 0.05) is 37.2 Å². The number of hydrogen-bond acceptors (Lipinski definition) is 5. The zero-order valence-corrected chi connectivity index (χ0v) is 16.7. The predicted molar refractivity (Wildman–Crippen MR) is 108 cm³/mol. The van der Waals surface area contributed by atoms with E-state index in [0.717, 1.165) is 18.7 Å². The molecule has 0 radical (unpaired) electrons. The lowest BCUT2D eigenvalue weighted by Gasteiger charge is -2.31. The van der Waals surface area contributed by atoms with Crippen LogP contribution in [0.1, 0.15) is 50.0 Å². The average molecular weight is 401 g/mol. The van der Waals surface area contributed by atoms with Gasteiger partial charge < -0.3 is 9.47 Å². The van der Waals surface area contributed by atoms with Crippen molar-refractivity contribution in [2.45, 2.75) is 38.6 Å². The number of nitrogens with zero attached hydrogens (tertiary/aromatic N) is 4. The van der Waals surface area contributed by atoms with Crippen molar-refractivity contribution >= 4 is 29.9 Å². The van der Waals surface area contributed by atoms with E-state index in [9.17, 15) is 14.9 Å². The lowest BCUT2D eigenvalue weighted by Crippen LogP contribution is -2.37. The van der Waals surface area contributed by atoms with Crippen molar-refractivity contribution in [2.24, 2.45) is 0 Å². The Balaban J connectivity index is 1.65. The van der Waals surface area contributed by atoms with Crippen LogP contribution in [0.3, 0.4) is 0 Å². The molecular weight excluding hydrogens is 378 g/mol. The van der Waals surface area contributed by atoms with E-state index in [1.165, 1.54) is 18.2 Å². The lowest BCUT2D eigenvalue weighted by atomic mass is 9.95. The summed E-state index contributed by atoms with van der Waals surface area (Å²) in [6.07, 6.45) is 4.53. The second kappa shape index (κ2) is 8.47. The SMILES string of the molecule is CC(C)n1c(C2CCN(C(=O)C=Cc3ccccc3[N+](=O)[O-])CC2)n[nH]c1=S. The monoisotopic (exact) mass is 401 g/mol. The molecule has 1 aromatic heterocycles. The van der Waals surface area contributed by atoms with Crippen LogP contribution < -0.4 is 0 Å². The molecule has 1 amide bonds. The van der Waals surface area contributed by atoms with Crippen molar-refractivity contribution < 1.29 is 9.72 Å². The highest BCUT2D eigenvalue weighted by Crippen LogP contribution is 2.28. The molecule has 1 aromatic carbocycles. The first-order chi connectivity index (χ1) is 13.4. The standard InChI is InChI=1S/C19H23N5O3S/c1-13(2)23-18(20-21-19(23)28)15-9-11-22(12-10-15)17(25)8-7-14-5-3-4-6-16(14)24(26)27/h3-8,13,15H,9-12H2,1-2H3,(H,21,28). The van der Waals surface area contributed by atoms with Gasteiger partial charge in [-0.25, -0.2) is 0 Å². The van der Waals surface area contributed by atoms with Gasteiger partial charge in [0.25, 0.3) is 5.69 Å². The number of likely N-dealkylation sites (tertiary alicyclic amines) is 1. The number of carbonyl (C=O) groups is 1. The molecule has 9 heteroatoms. The number of hydrogen-bond donors (Lipinski definition) is 1. The predicted octanol–water partition coefficient (Wildman–Crippen LogP) is 3.85. The third-order valence-electron chi connectivity index (χ3n) is 4.96. The van der Waals surface area contributed by atoms with E-state index in [1.54, 1.807) is 23.1 Å². The van der Waals surface area contributed by atoms with Crippen molar-refractivity contribution in [3.63, 3.8) is 0 Å². The first-order valence-electron chi connectivity index (χ1n) is 9.25. The fraction of sp³-hybridized carbons (Fsp3) is 0.421. The van der Waals surface area contributed by atoms with E-state index in [1.807, 2.05) is 4.57 Å². The fourth-order valence-corrected chi connectivity index (χ4v) is 3.87. The number of nitrogens with one attached hydrogen (secondary N) is 1. The maximum Gasteiger partial charge on any atom is 0.276 e. The summed E-state index contributed by atoms with van der Waals surface area (Å²) in [5.41, 5.74) is 0.407. The quantitative estimate of drug-likeness (QED) is 0.355. The van der Waals surface area contributed by atoms with Gasteiger partial charge in [0.1, 0.15) is 5.82 Å². The molecule has 0 unspecified atom stereocenters. The number of benzene rings is 1. The summed E-state index contributed by atoms with van der Waals surface area (Å²) in [6, 6.07) is 6.60. The Labute approximate surface area is 168 Å². The highest BCUT2D eigenvalue weighted by molar-refractivity contribution is 7.71. The first-order valence-corrected chi connectivity index (χ1v) is 9.66. The van der Waals surface area contributed by atoms with Crippen LogP contribution in [0.15, 0.2) is 30.3 Å². The van der Waals surface area contributed by atoms with Crippen molar-refractivity contribution in [1.82, 2.24) is 19.7 Å². The summed E-state index contributed by atoms with van der Waals surface area (Å²) >= 11 is 5.32. The Morgan fingerprint density at radius 3 is 2.68 bits per heavy atom. The molecule has 1 fully saturated rings. The first kappa shape index (κ1) is 19.9. The minimum Gasteiger partial charge on any atom is -0.339 e. The lowest BCUT2D eigenvalue weighted by molar-refractivity contribution is -0.385. The van der Waals surface area contributed by atoms with Gasteiger partial charge in [-0.15, -0.1) is 0 Å². The molecule has 0 saturated carbocycles. The Morgan fingerprint density at radius 2 is 2.04 bits per heavy atom. The molecule has 3 rings (SSSR count). The number of aromatic amines is 1. The largest absolute Gasteiger partial charge is 0.339 e. The van der Waals surface area contributed by atoms with Crippen molar-refractivity contribution in [2.75, 3.05) is 13.1 Å². The molecule has 0 aliphatic carbocycles. The number of carbonyl (C=O) groups excluding carboxylic acids is 1. The summed E-state index contributed by atoms with van der Waals surface area (Å²) in [5.74, 6) is 1.06. The molecule has 0 bridgehead atoms.